The molecule has 0 aromatic carbocycles. The molecule has 4 rings (SSSR count). The van der Waals surface area contributed by atoms with Crippen molar-refractivity contribution in [2.75, 3.05) is 36.0 Å². The summed E-state index contributed by atoms with van der Waals surface area (Å²) in [7, 11) is 0. The van der Waals surface area contributed by atoms with E-state index in [1.807, 2.05) is 18.3 Å². The summed E-state index contributed by atoms with van der Waals surface area (Å²) in [5.74, 6) is 1.78. The van der Waals surface area contributed by atoms with Crippen LogP contribution < -0.4 is 9.80 Å². The summed E-state index contributed by atoms with van der Waals surface area (Å²) in [6.07, 6.45) is 4.44. The zero-order valence-corrected chi connectivity index (χ0v) is 12.1. The molecule has 0 bridgehead atoms. The fourth-order valence-electron chi connectivity index (χ4n) is 2.52. The minimum absolute atomic E-state index is 0.705. The number of anilines is 2. The Hall–Kier alpha value is -1.69. The van der Waals surface area contributed by atoms with Crippen LogP contribution in [0.2, 0.25) is 0 Å². The molecular formula is C14H17N5S. The van der Waals surface area contributed by atoms with Gasteiger partial charge in [0.25, 0.3) is 0 Å². The van der Waals surface area contributed by atoms with Gasteiger partial charge in [-0.3, -0.25) is 0 Å². The van der Waals surface area contributed by atoms with Crippen LogP contribution in [0.3, 0.4) is 0 Å². The van der Waals surface area contributed by atoms with Crippen molar-refractivity contribution in [3.8, 4) is 0 Å². The van der Waals surface area contributed by atoms with Crippen LogP contribution in [-0.4, -0.2) is 41.4 Å². The first-order valence-electron chi connectivity index (χ1n) is 7.14. The SMILES string of the molecule is c1ccc(N2CCN(c3nnc(C4CC4)s3)CC2)nc1. The number of rotatable bonds is 3. The molecule has 2 aromatic heterocycles. The number of pyridine rings is 1. The molecular weight excluding hydrogens is 270 g/mol. The average Bonchev–Trinajstić information content (AvgIpc) is 3.26. The average molecular weight is 287 g/mol. The molecule has 1 aliphatic heterocycles. The molecule has 0 unspecified atom stereocenters. The van der Waals surface area contributed by atoms with E-state index in [1.165, 1.54) is 17.8 Å². The summed E-state index contributed by atoms with van der Waals surface area (Å²) in [5, 5.41) is 11.0. The van der Waals surface area contributed by atoms with E-state index in [2.05, 4.69) is 31.0 Å². The van der Waals surface area contributed by atoms with Crippen molar-refractivity contribution in [2.45, 2.75) is 18.8 Å². The summed E-state index contributed by atoms with van der Waals surface area (Å²) in [6.45, 7) is 3.98. The van der Waals surface area contributed by atoms with Gasteiger partial charge < -0.3 is 9.80 Å². The van der Waals surface area contributed by atoms with Gasteiger partial charge in [-0.2, -0.15) is 0 Å². The molecule has 0 N–H and O–H groups in total. The minimum atomic E-state index is 0.705. The van der Waals surface area contributed by atoms with Crippen LogP contribution in [-0.2, 0) is 0 Å². The van der Waals surface area contributed by atoms with Crippen molar-refractivity contribution in [3.63, 3.8) is 0 Å². The van der Waals surface area contributed by atoms with Crippen LogP contribution in [0.25, 0.3) is 0 Å². The highest BCUT2D eigenvalue weighted by atomic mass is 32.1. The van der Waals surface area contributed by atoms with Gasteiger partial charge in [0.2, 0.25) is 5.13 Å². The van der Waals surface area contributed by atoms with Crippen molar-refractivity contribution in [3.05, 3.63) is 29.4 Å². The van der Waals surface area contributed by atoms with Gasteiger partial charge in [-0.1, -0.05) is 17.4 Å². The zero-order valence-electron chi connectivity index (χ0n) is 11.3. The second kappa shape index (κ2) is 5.01. The molecule has 0 atom stereocenters. The number of aromatic nitrogens is 3. The van der Waals surface area contributed by atoms with Crippen molar-refractivity contribution >= 4 is 22.3 Å². The molecule has 2 aromatic rings. The Bertz CT molecular complexity index is 572. The number of piperazine rings is 1. The van der Waals surface area contributed by atoms with Crippen molar-refractivity contribution in [2.24, 2.45) is 0 Å². The van der Waals surface area contributed by atoms with Crippen molar-refractivity contribution < 1.29 is 0 Å². The molecule has 0 amide bonds. The highest BCUT2D eigenvalue weighted by molar-refractivity contribution is 7.15. The monoisotopic (exact) mass is 287 g/mol. The van der Waals surface area contributed by atoms with E-state index in [0.29, 0.717) is 5.92 Å². The molecule has 20 heavy (non-hydrogen) atoms. The van der Waals surface area contributed by atoms with Gasteiger partial charge >= 0.3 is 0 Å². The molecule has 3 heterocycles. The lowest BCUT2D eigenvalue weighted by molar-refractivity contribution is 0.643. The maximum atomic E-state index is 4.42. The lowest BCUT2D eigenvalue weighted by atomic mass is 10.3. The largest absolute Gasteiger partial charge is 0.353 e. The number of hydrogen-bond acceptors (Lipinski definition) is 6. The van der Waals surface area contributed by atoms with Gasteiger partial charge in [0.15, 0.2) is 0 Å². The first kappa shape index (κ1) is 12.1. The zero-order chi connectivity index (χ0) is 13.4. The van der Waals surface area contributed by atoms with E-state index in [4.69, 9.17) is 0 Å². The Balaban J connectivity index is 1.41. The topological polar surface area (TPSA) is 45.2 Å². The molecule has 0 spiro atoms. The third-order valence-corrected chi connectivity index (χ3v) is 5.03. The maximum Gasteiger partial charge on any atom is 0.208 e. The molecule has 6 heteroatoms. The van der Waals surface area contributed by atoms with E-state index in [9.17, 15) is 0 Å². The summed E-state index contributed by atoms with van der Waals surface area (Å²) >= 11 is 1.78. The third kappa shape index (κ3) is 2.35. The van der Waals surface area contributed by atoms with Crippen LogP contribution >= 0.6 is 11.3 Å². The van der Waals surface area contributed by atoms with E-state index in [0.717, 1.165) is 37.1 Å². The van der Waals surface area contributed by atoms with E-state index < -0.39 is 0 Å². The van der Waals surface area contributed by atoms with E-state index >= 15 is 0 Å². The Morgan fingerprint density at radius 1 is 1.00 bits per heavy atom. The number of nitrogens with zero attached hydrogens (tertiary/aromatic N) is 5. The van der Waals surface area contributed by atoms with Crippen LogP contribution in [0.5, 0.6) is 0 Å². The van der Waals surface area contributed by atoms with Crippen LogP contribution in [0.1, 0.15) is 23.8 Å². The molecule has 1 saturated carbocycles. The Morgan fingerprint density at radius 3 is 2.50 bits per heavy atom. The smallest absolute Gasteiger partial charge is 0.208 e. The molecule has 104 valence electrons. The van der Waals surface area contributed by atoms with E-state index in [-0.39, 0.29) is 0 Å². The molecule has 1 saturated heterocycles. The second-order valence-corrected chi connectivity index (χ2v) is 6.35. The van der Waals surface area contributed by atoms with Gasteiger partial charge in [0, 0.05) is 38.3 Å². The molecule has 2 fully saturated rings. The first-order valence-corrected chi connectivity index (χ1v) is 7.96. The summed E-state index contributed by atoms with van der Waals surface area (Å²) in [5.41, 5.74) is 0. The molecule has 0 radical (unpaired) electrons. The summed E-state index contributed by atoms with van der Waals surface area (Å²) in [4.78, 5) is 9.10. The van der Waals surface area contributed by atoms with Crippen molar-refractivity contribution in [1.29, 1.82) is 0 Å². The number of hydrogen-bond donors (Lipinski definition) is 0. The lowest BCUT2D eigenvalue weighted by Gasteiger charge is -2.34. The fraction of sp³-hybridized carbons (Fsp3) is 0.500. The lowest BCUT2D eigenvalue weighted by Crippen LogP contribution is -2.46. The van der Waals surface area contributed by atoms with Gasteiger partial charge in [-0.15, -0.1) is 10.2 Å². The highest BCUT2D eigenvalue weighted by Crippen LogP contribution is 2.42. The van der Waals surface area contributed by atoms with Gasteiger partial charge in [0.05, 0.1) is 0 Å². The third-order valence-electron chi connectivity index (χ3n) is 3.88. The molecule has 2 aliphatic rings. The van der Waals surface area contributed by atoms with Crippen LogP contribution in [0.4, 0.5) is 10.9 Å². The van der Waals surface area contributed by atoms with Gasteiger partial charge in [0.1, 0.15) is 10.8 Å². The highest BCUT2D eigenvalue weighted by Gasteiger charge is 2.29. The Morgan fingerprint density at radius 2 is 1.80 bits per heavy atom. The van der Waals surface area contributed by atoms with Crippen LogP contribution in [0, 0.1) is 0 Å². The minimum Gasteiger partial charge on any atom is -0.353 e. The normalized spacial score (nSPS) is 19.4. The van der Waals surface area contributed by atoms with Gasteiger partial charge in [-0.25, -0.2) is 4.98 Å². The molecule has 1 aliphatic carbocycles. The predicted octanol–water partition coefficient (Wildman–Crippen LogP) is 2.14. The predicted molar refractivity (Wildman–Crippen MR) is 80.5 cm³/mol. The fourth-order valence-corrected chi connectivity index (χ4v) is 3.58. The summed E-state index contributed by atoms with van der Waals surface area (Å²) < 4.78 is 0. The standard InChI is InChI=1S/C14H17N5S/c1-2-6-15-12(3-1)18-7-9-19(10-8-18)14-17-16-13(20-14)11-4-5-11/h1-3,6,11H,4-5,7-10H2. The van der Waals surface area contributed by atoms with Crippen molar-refractivity contribution in [1.82, 2.24) is 15.2 Å². The Kier molecular flexibility index (Phi) is 3.03. The van der Waals surface area contributed by atoms with Crippen LogP contribution in [0.15, 0.2) is 24.4 Å². The summed E-state index contributed by atoms with van der Waals surface area (Å²) in [6, 6.07) is 6.08. The quantitative estimate of drug-likeness (QED) is 0.865. The molecule has 5 nitrogen and oxygen atoms in total. The maximum absolute atomic E-state index is 4.42. The van der Waals surface area contributed by atoms with E-state index in [1.54, 1.807) is 11.3 Å². The Labute approximate surface area is 122 Å². The van der Waals surface area contributed by atoms with Gasteiger partial charge in [-0.05, 0) is 25.0 Å². The first-order chi connectivity index (χ1) is 9.90. The second-order valence-electron chi connectivity index (χ2n) is 5.36.